The maximum Gasteiger partial charge on any atom is 0.147 e. The highest BCUT2D eigenvalue weighted by atomic mass is 32.2. The molecule has 0 radical (unpaired) electrons. The number of sulfone groups is 1. The summed E-state index contributed by atoms with van der Waals surface area (Å²) in [6.07, 6.45) is 4.09. The molecular weight excluding hydrogens is 212 g/mol. The third kappa shape index (κ3) is 4.95. The molecule has 1 aliphatic rings. The summed E-state index contributed by atoms with van der Waals surface area (Å²) in [6, 6.07) is 0.819. The molecule has 1 aliphatic heterocycles. The van der Waals surface area contributed by atoms with E-state index >= 15 is 0 Å². The van der Waals surface area contributed by atoms with Gasteiger partial charge in [0.15, 0.2) is 0 Å². The summed E-state index contributed by atoms with van der Waals surface area (Å²) >= 11 is 0. The standard InChI is InChI=1S/C10H22N2O2S/c1-9-8-10(11)4-6-12(9)5-3-7-15(2,13)14/h9-10H,3-8,11H2,1-2H3. The number of rotatable bonds is 4. The smallest absolute Gasteiger partial charge is 0.147 e. The minimum absolute atomic E-state index is 0.294. The number of hydrogen-bond acceptors (Lipinski definition) is 4. The van der Waals surface area contributed by atoms with Crippen LogP contribution in [0.1, 0.15) is 26.2 Å². The topological polar surface area (TPSA) is 63.4 Å². The highest BCUT2D eigenvalue weighted by Crippen LogP contribution is 2.15. The summed E-state index contributed by atoms with van der Waals surface area (Å²) in [7, 11) is -2.80. The summed E-state index contributed by atoms with van der Waals surface area (Å²) in [5, 5.41) is 0. The highest BCUT2D eigenvalue weighted by molar-refractivity contribution is 7.90. The Hall–Kier alpha value is -0.130. The van der Waals surface area contributed by atoms with Crippen LogP contribution in [0.5, 0.6) is 0 Å². The summed E-state index contributed by atoms with van der Waals surface area (Å²) in [5.74, 6) is 0.294. The van der Waals surface area contributed by atoms with Crippen LogP contribution in [0.15, 0.2) is 0 Å². The van der Waals surface area contributed by atoms with Crippen molar-refractivity contribution in [2.45, 2.75) is 38.3 Å². The van der Waals surface area contributed by atoms with Gasteiger partial charge in [0.2, 0.25) is 0 Å². The molecule has 4 nitrogen and oxygen atoms in total. The van der Waals surface area contributed by atoms with E-state index in [9.17, 15) is 8.42 Å². The van der Waals surface area contributed by atoms with Crippen LogP contribution >= 0.6 is 0 Å². The fourth-order valence-electron chi connectivity index (χ4n) is 2.12. The SMILES string of the molecule is CC1CC(N)CCN1CCCS(C)(=O)=O. The Morgan fingerprint density at radius 1 is 1.47 bits per heavy atom. The predicted molar refractivity (Wildman–Crippen MR) is 62.6 cm³/mol. The largest absolute Gasteiger partial charge is 0.328 e. The second-order valence-electron chi connectivity index (χ2n) is 4.65. The van der Waals surface area contributed by atoms with Crippen molar-refractivity contribution in [3.63, 3.8) is 0 Å². The van der Waals surface area contributed by atoms with E-state index in [0.717, 1.165) is 32.4 Å². The summed E-state index contributed by atoms with van der Waals surface area (Å²) < 4.78 is 21.9. The molecule has 0 aromatic carbocycles. The Balaban J connectivity index is 2.27. The molecular formula is C10H22N2O2S. The summed E-state index contributed by atoms with van der Waals surface area (Å²) in [6.45, 7) is 4.05. The Morgan fingerprint density at radius 3 is 2.67 bits per heavy atom. The quantitative estimate of drug-likeness (QED) is 0.756. The van der Waals surface area contributed by atoms with Crippen molar-refractivity contribution in [2.75, 3.05) is 25.1 Å². The molecule has 0 aromatic heterocycles. The highest BCUT2D eigenvalue weighted by Gasteiger charge is 2.22. The van der Waals surface area contributed by atoms with Crippen LogP contribution in [0.2, 0.25) is 0 Å². The molecule has 1 fully saturated rings. The fraction of sp³-hybridized carbons (Fsp3) is 1.00. The predicted octanol–water partition coefficient (Wildman–Crippen LogP) is 0.233. The van der Waals surface area contributed by atoms with Gasteiger partial charge in [-0.3, -0.25) is 0 Å². The number of likely N-dealkylation sites (tertiary alicyclic amines) is 1. The molecule has 0 spiro atoms. The van der Waals surface area contributed by atoms with Gasteiger partial charge in [0.1, 0.15) is 9.84 Å². The van der Waals surface area contributed by atoms with E-state index in [1.165, 1.54) is 6.26 Å². The van der Waals surface area contributed by atoms with Gasteiger partial charge in [-0.05, 0) is 39.3 Å². The van der Waals surface area contributed by atoms with Crippen molar-refractivity contribution in [2.24, 2.45) is 5.73 Å². The number of piperidine rings is 1. The van der Waals surface area contributed by atoms with Crippen LogP contribution in [0.3, 0.4) is 0 Å². The monoisotopic (exact) mass is 234 g/mol. The van der Waals surface area contributed by atoms with Crippen molar-refractivity contribution in [3.05, 3.63) is 0 Å². The Kier molecular flexibility index (Phi) is 4.55. The lowest BCUT2D eigenvalue weighted by Crippen LogP contribution is -2.46. The van der Waals surface area contributed by atoms with Gasteiger partial charge in [-0.25, -0.2) is 8.42 Å². The van der Waals surface area contributed by atoms with Crippen LogP contribution in [-0.2, 0) is 9.84 Å². The van der Waals surface area contributed by atoms with Crippen molar-refractivity contribution in [3.8, 4) is 0 Å². The third-order valence-corrected chi connectivity index (χ3v) is 4.05. The van der Waals surface area contributed by atoms with E-state index < -0.39 is 9.84 Å². The minimum Gasteiger partial charge on any atom is -0.328 e. The van der Waals surface area contributed by atoms with Crippen LogP contribution < -0.4 is 5.73 Å². The Bertz CT molecular complexity index is 290. The van der Waals surface area contributed by atoms with Gasteiger partial charge in [-0.1, -0.05) is 0 Å². The maximum absolute atomic E-state index is 11.0. The number of nitrogens with zero attached hydrogens (tertiary/aromatic N) is 1. The molecule has 0 amide bonds. The maximum atomic E-state index is 11.0. The van der Waals surface area contributed by atoms with Gasteiger partial charge in [-0.2, -0.15) is 0 Å². The van der Waals surface area contributed by atoms with E-state index in [-0.39, 0.29) is 0 Å². The second kappa shape index (κ2) is 5.27. The first-order valence-corrected chi connectivity index (χ1v) is 7.62. The summed E-state index contributed by atoms with van der Waals surface area (Å²) in [4.78, 5) is 2.34. The zero-order chi connectivity index (χ0) is 11.5. The first-order valence-electron chi connectivity index (χ1n) is 5.56. The molecule has 0 aliphatic carbocycles. The zero-order valence-electron chi connectivity index (χ0n) is 9.65. The molecule has 2 N–H and O–H groups in total. The lowest BCUT2D eigenvalue weighted by atomic mass is 9.99. The van der Waals surface area contributed by atoms with Gasteiger partial charge in [0, 0.05) is 18.3 Å². The summed E-state index contributed by atoms with van der Waals surface area (Å²) in [5.41, 5.74) is 5.86. The van der Waals surface area contributed by atoms with Gasteiger partial charge in [0.25, 0.3) is 0 Å². The van der Waals surface area contributed by atoms with Crippen molar-refractivity contribution < 1.29 is 8.42 Å². The minimum atomic E-state index is -2.80. The van der Waals surface area contributed by atoms with Crippen molar-refractivity contribution >= 4 is 9.84 Å². The Morgan fingerprint density at radius 2 is 2.13 bits per heavy atom. The van der Waals surface area contributed by atoms with E-state index in [0.29, 0.717) is 17.8 Å². The molecule has 0 aromatic rings. The second-order valence-corrected chi connectivity index (χ2v) is 6.91. The lowest BCUT2D eigenvalue weighted by molar-refractivity contribution is 0.148. The van der Waals surface area contributed by atoms with E-state index in [1.54, 1.807) is 0 Å². The molecule has 2 unspecified atom stereocenters. The van der Waals surface area contributed by atoms with Crippen LogP contribution in [0.4, 0.5) is 0 Å². The molecule has 0 saturated carbocycles. The van der Waals surface area contributed by atoms with Gasteiger partial charge >= 0.3 is 0 Å². The molecule has 1 heterocycles. The van der Waals surface area contributed by atoms with Crippen LogP contribution in [0, 0.1) is 0 Å². The average molecular weight is 234 g/mol. The first-order chi connectivity index (χ1) is 6.88. The van der Waals surface area contributed by atoms with Crippen molar-refractivity contribution in [1.82, 2.24) is 4.90 Å². The lowest BCUT2D eigenvalue weighted by Gasteiger charge is -2.36. The normalized spacial score (nSPS) is 29.3. The van der Waals surface area contributed by atoms with E-state index in [4.69, 9.17) is 5.73 Å². The van der Waals surface area contributed by atoms with E-state index in [1.807, 2.05) is 0 Å². The van der Waals surface area contributed by atoms with Crippen LogP contribution in [0.25, 0.3) is 0 Å². The van der Waals surface area contributed by atoms with Crippen LogP contribution in [-0.4, -0.2) is 50.5 Å². The van der Waals surface area contributed by atoms with Crippen molar-refractivity contribution in [1.29, 1.82) is 0 Å². The molecule has 5 heteroatoms. The Labute approximate surface area is 92.7 Å². The fourth-order valence-corrected chi connectivity index (χ4v) is 2.77. The molecule has 90 valence electrons. The molecule has 1 rings (SSSR count). The number of nitrogens with two attached hydrogens (primary N) is 1. The molecule has 15 heavy (non-hydrogen) atoms. The van der Waals surface area contributed by atoms with E-state index in [2.05, 4.69) is 11.8 Å². The van der Waals surface area contributed by atoms with Gasteiger partial charge in [-0.15, -0.1) is 0 Å². The number of hydrogen-bond donors (Lipinski definition) is 1. The zero-order valence-corrected chi connectivity index (χ0v) is 10.5. The third-order valence-electron chi connectivity index (χ3n) is 3.01. The molecule has 0 bridgehead atoms. The van der Waals surface area contributed by atoms with Gasteiger partial charge < -0.3 is 10.6 Å². The average Bonchev–Trinajstić information content (AvgIpc) is 2.07. The van der Waals surface area contributed by atoms with Gasteiger partial charge in [0.05, 0.1) is 5.75 Å². The molecule has 2 atom stereocenters. The molecule has 1 saturated heterocycles. The first kappa shape index (κ1) is 12.9.